The van der Waals surface area contributed by atoms with Gasteiger partial charge in [-0.1, -0.05) is 49.2 Å². The monoisotopic (exact) mass is 395 g/mol. The number of halogens is 2. The van der Waals surface area contributed by atoms with Crippen molar-refractivity contribution in [1.82, 2.24) is 5.32 Å². The quantitative estimate of drug-likeness (QED) is 0.660. The molecule has 0 aliphatic rings. The summed E-state index contributed by atoms with van der Waals surface area (Å²) >= 11 is 11.9. The van der Waals surface area contributed by atoms with Gasteiger partial charge in [-0.3, -0.25) is 4.79 Å². The Hall–Kier alpha value is -1.91. The van der Waals surface area contributed by atoms with Gasteiger partial charge in [0.25, 0.3) is 5.91 Å². The molecule has 26 heavy (non-hydrogen) atoms. The van der Waals surface area contributed by atoms with Crippen molar-refractivity contribution in [3.63, 3.8) is 0 Å². The van der Waals surface area contributed by atoms with Crippen LogP contribution in [0.1, 0.15) is 31.9 Å². The summed E-state index contributed by atoms with van der Waals surface area (Å²) in [5.41, 5.74) is 1.03. The van der Waals surface area contributed by atoms with E-state index in [0.29, 0.717) is 21.7 Å². The van der Waals surface area contributed by atoms with Crippen LogP contribution in [0.5, 0.6) is 11.5 Å². The molecular formula is C20H23Cl2NO3. The first-order valence-electron chi connectivity index (χ1n) is 8.40. The second kappa shape index (κ2) is 9.70. The van der Waals surface area contributed by atoms with Crippen molar-refractivity contribution in [2.45, 2.75) is 26.3 Å². The first-order chi connectivity index (χ1) is 12.4. The zero-order valence-electron chi connectivity index (χ0n) is 15.1. The van der Waals surface area contributed by atoms with Crippen molar-refractivity contribution in [2.24, 2.45) is 5.92 Å². The van der Waals surface area contributed by atoms with Gasteiger partial charge in [-0.15, -0.1) is 0 Å². The lowest BCUT2D eigenvalue weighted by atomic mass is 9.97. The van der Waals surface area contributed by atoms with Crippen LogP contribution in [0.25, 0.3) is 0 Å². The minimum atomic E-state index is -0.211. The number of hydrogen-bond acceptors (Lipinski definition) is 3. The molecule has 2 aromatic carbocycles. The molecule has 2 rings (SSSR count). The lowest BCUT2D eigenvalue weighted by molar-refractivity contribution is -0.124. The van der Waals surface area contributed by atoms with Gasteiger partial charge in [0.1, 0.15) is 11.5 Å². The number of hydrogen-bond donors (Lipinski definition) is 1. The third-order valence-electron chi connectivity index (χ3n) is 3.81. The van der Waals surface area contributed by atoms with Crippen molar-refractivity contribution in [2.75, 3.05) is 13.7 Å². The van der Waals surface area contributed by atoms with Crippen LogP contribution >= 0.6 is 23.2 Å². The van der Waals surface area contributed by atoms with Crippen molar-refractivity contribution >= 4 is 29.1 Å². The summed E-state index contributed by atoms with van der Waals surface area (Å²) < 4.78 is 10.7. The van der Waals surface area contributed by atoms with E-state index in [1.54, 1.807) is 25.3 Å². The Bertz CT molecular complexity index is 732. The third-order valence-corrected chi connectivity index (χ3v) is 4.34. The lowest BCUT2D eigenvalue weighted by Gasteiger charge is -2.21. The van der Waals surface area contributed by atoms with Crippen LogP contribution in [0.4, 0.5) is 0 Å². The zero-order chi connectivity index (χ0) is 19.1. The fraction of sp³-hybridized carbons (Fsp3) is 0.350. The fourth-order valence-corrected chi connectivity index (χ4v) is 3.02. The molecule has 0 aliphatic heterocycles. The maximum atomic E-state index is 12.4. The summed E-state index contributed by atoms with van der Waals surface area (Å²) in [6, 6.07) is 12.5. The van der Waals surface area contributed by atoms with Crippen LogP contribution < -0.4 is 14.8 Å². The molecule has 0 spiro atoms. The molecule has 0 saturated carbocycles. The Kier molecular flexibility index (Phi) is 7.61. The van der Waals surface area contributed by atoms with E-state index in [-0.39, 0.29) is 18.6 Å². The van der Waals surface area contributed by atoms with Crippen molar-refractivity contribution in [3.05, 3.63) is 58.1 Å². The molecular weight excluding hydrogens is 373 g/mol. The molecule has 0 bridgehead atoms. The molecule has 0 fully saturated rings. The van der Waals surface area contributed by atoms with E-state index in [9.17, 15) is 4.79 Å². The predicted octanol–water partition coefficient (Wildman–Crippen LogP) is 5.28. The number of rotatable bonds is 8. The molecule has 0 heterocycles. The van der Waals surface area contributed by atoms with Gasteiger partial charge in [0.2, 0.25) is 0 Å². The summed E-state index contributed by atoms with van der Waals surface area (Å²) in [5.74, 6) is 1.42. The molecule has 1 N–H and O–H groups in total. The van der Waals surface area contributed by atoms with Gasteiger partial charge in [0.15, 0.2) is 6.61 Å². The molecule has 1 amide bonds. The highest BCUT2D eigenvalue weighted by atomic mass is 35.5. The minimum Gasteiger partial charge on any atom is -0.497 e. The van der Waals surface area contributed by atoms with Crippen molar-refractivity contribution < 1.29 is 14.3 Å². The highest BCUT2D eigenvalue weighted by Crippen LogP contribution is 2.28. The lowest BCUT2D eigenvalue weighted by Crippen LogP contribution is -2.33. The molecule has 2 aromatic rings. The topological polar surface area (TPSA) is 47.6 Å². The number of nitrogens with one attached hydrogen (secondary N) is 1. The Balaban J connectivity index is 2.01. The molecule has 1 atom stereocenters. The number of amides is 1. The zero-order valence-corrected chi connectivity index (χ0v) is 16.6. The first kappa shape index (κ1) is 20.4. The summed E-state index contributed by atoms with van der Waals surface area (Å²) in [4.78, 5) is 12.4. The van der Waals surface area contributed by atoms with Crippen LogP contribution in [-0.4, -0.2) is 19.6 Å². The average Bonchev–Trinajstić information content (AvgIpc) is 2.60. The minimum absolute atomic E-state index is 0.0994. The van der Waals surface area contributed by atoms with Crippen LogP contribution in [0.3, 0.4) is 0 Å². The van der Waals surface area contributed by atoms with E-state index in [4.69, 9.17) is 32.7 Å². The van der Waals surface area contributed by atoms with Crippen LogP contribution in [0.2, 0.25) is 10.0 Å². The second-order valence-electron chi connectivity index (χ2n) is 6.39. The fourth-order valence-electron chi connectivity index (χ4n) is 2.56. The van der Waals surface area contributed by atoms with Crippen LogP contribution in [0.15, 0.2) is 42.5 Å². The highest BCUT2D eigenvalue weighted by molar-refractivity contribution is 6.35. The van der Waals surface area contributed by atoms with Crippen LogP contribution in [-0.2, 0) is 4.79 Å². The Morgan fingerprint density at radius 3 is 2.38 bits per heavy atom. The van der Waals surface area contributed by atoms with Gasteiger partial charge < -0.3 is 14.8 Å². The number of carbonyl (C=O) groups excluding carboxylic acids is 1. The molecule has 0 saturated heterocycles. The SMILES string of the molecule is COc1ccc([C@@H](CC(C)C)NC(=O)COc2ccc(Cl)cc2Cl)cc1. The molecule has 0 radical (unpaired) electrons. The summed E-state index contributed by atoms with van der Waals surface area (Å²) in [6.45, 7) is 4.12. The summed E-state index contributed by atoms with van der Waals surface area (Å²) in [6.07, 6.45) is 0.819. The van der Waals surface area contributed by atoms with Crippen molar-refractivity contribution in [3.8, 4) is 11.5 Å². The highest BCUT2D eigenvalue weighted by Gasteiger charge is 2.17. The molecule has 4 nitrogen and oxygen atoms in total. The number of ether oxygens (including phenoxy) is 2. The third kappa shape index (κ3) is 6.11. The van der Waals surface area contributed by atoms with Gasteiger partial charge in [0.05, 0.1) is 18.2 Å². The Labute approximate surface area is 164 Å². The average molecular weight is 396 g/mol. The van der Waals surface area contributed by atoms with Gasteiger partial charge in [-0.2, -0.15) is 0 Å². The first-order valence-corrected chi connectivity index (χ1v) is 9.15. The standard InChI is InChI=1S/C20H23Cl2NO3/c1-13(2)10-18(14-4-7-16(25-3)8-5-14)23-20(24)12-26-19-9-6-15(21)11-17(19)22/h4-9,11,13,18H,10,12H2,1-3H3,(H,23,24)/t18-/m1/s1. The Morgan fingerprint density at radius 2 is 1.81 bits per heavy atom. The van der Waals surface area contributed by atoms with Crippen LogP contribution in [0, 0.1) is 5.92 Å². The van der Waals surface area contributed by atoms with Gasteiger partial charge in [0, 0.05) is 5.02 Å². The molecule has 0 unspecified atom stereocenters. The second-order valence-corrected chi connectivity index (χ2v) is 7.23. The molecule has 140 valence electrons. The molecule has 6 heteroatoms. The van der Waals surface area contributed by atoms with Gasteiger partial charge >= 0.3 is 0 Å². The molecule has 0 aliphatic carbocycles. The molecule has 0 aromatic heterocycles. The maximum absolute atomic E-state index is 12.4. The van der Waals surface area contributed by atoms with Gasteiger partial charge in [-0.05, 0) is 48.2 Å². The number of benzene rings is 2. The summed E-state index contributed by atoms with van der Waals surface area (Å²) in [5, 5.41) is 3.92. The Morgan fingerprint density at radius 1 is 1.12 bits per heavy atom. The van der Waals surface area contributed by atoms with E-state index in [2.05, 4.69) is 19.2 Å². The summed E-state index contributed by atoms with van der Waals surface area (Å²) in [7, 11) is 1.63. The smallest absolute Gasteiger partial charge is 0.258 e. The largest absolute Gasteiger partial charge is 0.497 e. The van der Waals surface area contributed by atoms with E-state index in [1.165, 1.54) is 0 Å². The van der Waals surface area contributed by atoms with E-state index < -0.39 is 0 Å². The number of methoxy groups -OCH3 is 1. The normalized spacial score (nSPS) is 11.9. The van der Waals surface area contributed by atoms with Crippen molar-refractivity contribution in [1.29, 1.82) is 0 Å². The maximum Gasteiger partial charge on any atom is 0.258 e. The van der Waals surface area contributed by atoms with Gasteiger partial charge in [-0.25, -0.2) is 0 Å². The van der Waals surface area contributed by atoms with E-state index >= 15 is 0 Å². The number of carbonyl (C=O) groups is 1. The predicted molar refractivity (Wildman–Crippen MR) is 105 cm³/mol. The van der Waals surface area contributed by atoms with E-state index in [1.807, 2.05) is 24.3 Å². The van der Waals surface area contributed by atoms with E-state index in [0.717, 1.165) is 17.7 Å².